The van der Waals surface area contributed by atoms with Crippen molar-refractivity contribution >= 4 is 24.3 Å². The van der Waals surface area contributed by atoms with E-state index in [0.29, 0.717) is 13.0 Å². The quantitative estimate of drug-likeness (QED) is 0.253. The summed E-state index contributed by atoms with van der Waals surface area (Å²) in [6.45, 7) is 12.9. The fourth-order valence-corrected chi connectivity index (χ4v) is 22.1. The number of esters is 1. The summed E-state index contributed by atoms with van der Waals surface area (Å²) in [6.07, 6.45) is 6.55. The van der Waals surface area contributed by atoms with Crippen LogP contribution in [0.5, 0.6) is 0 Å². The van der Waals surface area contributed by atoms with Gasteiger partial charge in [-0.25, -0.2) is 0 Å². The number of aliphatic hydroxyl groups is 1. The topological polar surface area (TPSA) is 74.2 Å². The monoisotopic (exact) mass is 588 g/mol. The van der Waals surface area contributed by atoms with Gasteiger partial charge in [-0.1, -0.05) is 0 Å². The van der Waals surface area contributed by atoms with Gasteiger partial charge in [-0.3, -0.25) is 0 Å². The number of carbonyl (C=O) groups is 1. The molecule has 0 spiro atoms. The van der Waals surface area contributed by atoms with E-state index in [4.69, 9.17) is 18.9 Å². The van der Waals surface area contributed by atoms with E-state index < -0.39 is 59.5 Å². The van der Waals surface area contributed by atoms with Gasteiger partial charge in [0.25, 0.3) is 0 Å². The van der Waals surface area contributed by atoms with Gasteiger partial charge in [-0.2, -0.15) is 0 Å². The van der Waals surface area contributed by atoms with Crippen LogP contribution < -0.4 is 0 Å². The number of hydrogen-bond donors (Lipinski definition) is 1. The molecule has 0 bridgehead atoms. The second kappa shape index (κ2) is 11.1. The van der Waals surface area contributed by atoms with Crippen molar-refractivity contribution in [3.05, 3.63) is 9.67 Å². The first kappa shape index (κ1) is 28.4. The zero-order valence-electron chi connectivity index (χ0n) is 22.6. The Morgan fingerprint density at radius 3 is 2.12 bits per heavy atom. The van der Waals surface area contributed by atoms with Gasteiger partial charge >= 0.3 is 211 Å². The third-order valence-electron chi connectivity index (χ3n) is 8.32. The Bertz CT molecular complexity index is 730. The van der Waals surface area contributed by atoms with E-state index in [2.05, 4.69) is 24.9 Å². The molecule has 0 unspecified atom stereocenters. The minimum absolute atomic E-state index is 0.350. The van der Waals surface area contributed by atoms with E-state index in [-0.39, 0.29) is 0 Å². The van der Waals surface area contributed by atoms with Crippen LogP contribution in [0, 0.1) is 5.92 Å². The van der Waals surface area contributed by atoms with Crippen LogP contribution in [-0.2, 0) is 23.7 Å². The van der Waals surface area contributed by atoms with E-state index in [1.165, 1.54) is 58.9 Å². The molecule has 5 atom stereocenters. The van der Waals surface area contributed by atoms with Gasteiger partial charge in [0.1, 0.15) is 0 Å². The van der Waals surface area contributed by atoms with Crippen molar-refractivity contribution in [2.24, 2.45) is 5.92 Å². The van der Waals surface area contributed by atoms with Gasteiger partial charge in [0.2, 0.25) is 0 Å². The van der Waals surface area contributed by atoms with Gasteiger partial charge in [0.15, 0.2) is 0 Å². The molecule has 0 amide bonds. The summed E-state index contributed by atoms with van der Waals surface area (Å²) in [4.78, 5) is 13.1. The van der Waals surface area contributed by atoms with Crippen LogP contribution in [0.3, 0.4) is 0 Å². The second-order valence-electron chi connectivity index (χ2n) is 11.5. The Morgan fingerprint density at radius 2 is 1.62 bits per heavy atom. The van der Waals surface area contributed by atoms with E-state index in [1.807, 2.05) is 20.8 Å². The molecule has 1 saturated carbocycles. The van der Waals surface area contributed by atoms with Crippen LogP contribution in [0.25, 0.3) is 0 Å². The molecule has 3 rings (SSSR count). The average molecular weight is 587 g/mol. The summed E-state index contributed by atoms with van der Waals surface area (Å²) in [5, 5.41) is 12.4. The minimum atomic E-state index is -2.76. The summed E-state index contributed by atoms with van der Waals surface area (Å²) in [6, 6.07) is 0. The summed E-state index contributed by atoms with van der Waals surface area (Å²) < 4.78 is 30.6. The number of carbonyl (C=O) groups excluding carboxylic acids is 1. The zero-order chi connectivity index (χ0) is 25.2. The Hall–Kier alpha value is -0.151. The molecule has 34 heavy (non-hydrogen) atoms. The number of fused-ring (bicyclic) bond motifs is 3. The third-order valence-corrected chi connectivity index (χ3v) is 22.6. The molecule has 0 aromatic carbocycles. The van der Waals surface area contributed by atoms with Gasteiger partial charge in [0.05, 0.1) is 0 Å². The maximum absolute atomic E-state index is 13.1. The molecule has 0 aromatic rings. The molecule has 2 saturated heterocycles. The summed E-state index contributed by atoms with van der Waals surface area (Å²) in [5.41, 5.74) is -1.21. The first-order valence-corrected chi connectivity index (χ1v) is 21.2. The number of rotatable bonds is 11. The molecule has 0 radical (unpaired) electrons. The number of unbranched alkanes of at least 4 members (excludes halogenated alkanes) is 3. The van der Waals surface area contributed by atoms with E-state index >= 15 is 0 Å². The van der Waals surface area contributed by atoms with Crippen LogP contribution >= 0.6 is 0 Å². The summed E-state index contributed by atoms with van der Waals surface area (Å²) >= 11 is -2.76. The first-order chi connectivity index (χ1) is 16.0. The fourth-order valence-electron chi connectivity index (χ4n) is 6.63. The molecule has 3 aliphatic rings. The maximum atomic E-state index is 13.1. The Balaban J connectivity index is 2.08. The van der Waals surface area contributed by atoms with Crippen LogP contribution in [0.1, 0.15) is 86.5 Å². The predicted molar refractivity (Wildman–Crippen MR) is 136 cm³/mol. The van der Waals surface area contributed by atoms with Crippen LogP contribution in [0.15, 0.2) is 9.67 Å². The van der Waals surface area contributed by atoms with Crippen molar-refractivity contribution < 1.29 is 28.8 Å². The summed E-state index contributed by atoms with van der Waals surface area (Å²) in [5.74, 6) is -1.93. The van der Waals surface area contributed by atoms with Crippen molar-refractivity contribution in [3.63, 3.8) is 0 Å². The molecule has 7 heteroatoms. The second-order valence-corrected chi connectivity index (χ2v) is 24.4. The first-order valence-electron chi connectivity index (χ1n) is 13.5. The van der Waals surface area contributed by atoms with Crippen molar-refractivity contribution in [1.82, 2.24) is 0 Å². The Morgan fingerprint density at radius 1 is 1.06 bits per heavy atom. The van der Waals surface area contributed by atoms with E-state index in [0.717, 1.165) is 5.57 Å². The molecule has 2 aliphatic heterocycles. The molecule has 196 valence electrons. The van der Waals surface area contributed by atoms with E-state index in [1.54, 1.807) is 0 Å². The molecule has 2 heterocycles. The predicted octanol–water partition coefficient (Wildman–Crippen LogP) is 5.53. The van der Waals surface area contributed by atoms with E-state index in [9.17, 15) is 9.90 Å². The third kappa shape index (κ3) is 5.41. The van der Waals surface area contributed by atoms with Gasteiger partial charge in [-0.15, -0.1) is 0 Å². The van der Waals surface area contributed by atoms with Crippen LogP contribution in [0.4, 0.5) is 0 Å². The van der Waals surface area contributed by atoms with Crippen molar-refractivity contribution in [2.75, 3.05) is 13.7 Å². The molecule has 1 N–H and O–H groups in total. The van der Waals surface area contributed by atoms with Crippen molar-refractivity contribution in [1.29, 1.82) is 0 Å². The number of methoxy groups -OCH3 is 1. The molecular formula is C27H48O6Sn. The summed E-state index contributed by atoms with van der Waals surface area (Å²) in [7, 11) is 1.40. The molecule has 6 nitrogen and oxygen atoms in total. The van der Waals surface area contributed by atoms with Gasteiger partial charge < -0.3 is 0 Å². The average Bonchev–Trinajstić information content (AvgIpc) is 3.25. The van der Waals surface area contributed by atoms with Crippen LogP contribution in [-0.4, -0.2) is 72.4 Å². The molecule has 3 fully saturated rings. The van der Waals surface area contributed by atoms with Crippen LogP contribution in [0.2, 0.25) is 13.3 Å². The number of ether oxygens (including phenoxy) is 4. The molecular weight excluding hydrogens is 539 g/mol. The van der Waals surface area contributed by atoms with Crippen molar-refractivity contribution in [3.8, 4) is 0 Å². The fraction of sp³-hybridized carbons (Fsp3) is 0.889. The Labute approximate surface area is 211 Å². The zero-order valence-corrected chi connectivity index (χ0v) is 25.4. The van der Waals surface area contributed by atoms with Gasteiger partial charge in [-0.05, 0) is 0 Å². The van der Waals surface area contributed by atoms with Gasteiger partial charge in [0, 0.05) is 0 Å². The normalized spacial score (nSPS) is 35.9. The SMILES string of the molecule is CCC[CH2][Sn](/[CH]=C1\CO[C@@H]2[C@@H]3OC(C)(C)O[C@@]3(C)C[C@@H](C(=O)OC)[C@]12O)([CH2]CCC)[CH2]CCC. The number of hydrogen-bond acceptors (Lipinski definition) is 6. The van der Waals surface area contributed by atoms with Crippen molar-refractivity contribution in [2.45, 2.75) is 129 Å². The Kier molecular flexibility index (Phi) is 9.26. The molecule has 1 aliphatic carbocycles. The molecule has 0 aromatic heterocycles. The standard InChI is InChI=1S/C15H21O6.3C4H9.Sn/c1-8-7-19-11-10-14(4,21-13(2,3)20-10)6-9(12(16)18-5)15(8,11)17;3*1-3-4-2;/h1,9-11,17H,6-7H2,2-5H3;3*1,3-4H2,2H3;/t9-,10-,11+,14-,15+;;;;/m0..../s1.